The van der Waals surface area contributed by atoms with Crippen LogP contribution in [0.5, 0.6) is 0 Å². The number of rotatable bonds is 6. The first-order valence-electron chi connectivity index (χ1n) is 5.25. The fourth-order valence-electron chi connectivity index (χ4n) is 1.45. The molecule has 0 aliphatic heterocycles. The molecule has 86 valence electrons. The molecule has 0 aromatic carbocycles. The highest BCUT2D eigenvalue weighted by Crippen LogP contribution is 2.21. The fraction of sp³-hybridized carbons (Fsp3) is 0.700. The van der Waals surface area contributed by atoms with Gasteiger partial charge in [0.25, 0.3) is 0 Å². The lowest BCUT2D eigenvalue weighted by Gasteiger charge is -2.14. The van der Waals surface area contributed by atoms with Gasteiger partial charge in [0, 0.05) is 13.2 Å². The van der Waals surface area contributed by atoms with E-state index >= 15 is 0 Å². The normalized spacial score (nSPS) is 13.1. The molecule has 0 radical (unpaired) electrons. The molecule has 0 spiro atoms. The third kappa shape index (κ3) is 3.19. The van der Waals surface area contributed by atoms with Crippen LogP contribution in [0.25, 0.3) is 0 Å². The molecule has 1 unspecified atom stereocenters. The van der Waals surface area contributed by atoms with Gasteiger partial charge in [0.05, 0.1) is 29.6 Å². The van der Waals surface area contributed by atoms with Crippen molar-refractivity contribution in [1.29, 1.82) is 0 Å². The molecule has 0 aliphatic carbocycles. The summed E-state index contributed by atoms with van der Waals surface area (Å²) in [5, 5.41) is 4.80. The first kappa shape index (κ1) is 12.5. The van der Waals surface area contributed by atoms with Crippen LogP contribution in [0.15, 0.2) is 6.20 Å². The number of aromatic nitrogens is 2. The highest BCUT2D eigenvalue weighted by molar-refractivity contribution is 6.31. The molecular formula is C10H18ClN3O. The number of aryl methyl sites for hydroxylation is 1. The number of hydrogen-bond donors (Lipinski definition) is 1. The Morgan fingerprint density at radius 3 is 2.93 bits per heavy atom. The standard InChI is InChI=1S/C10H18ClN3O/c1-3-5-14-10(8(11)6-13-14)9(12)7-15-4-2/h6,9H,3-5,7,12H2,1-2H3. The number of nitrogens with two attached hydrogens (primary N) is 1. The monoisotopic (exact) mass is 231 g/mol. The summed E-state index contributed by atoms with van der Waals surface area (Å²) >= 11 is 6.04. The smallest absolute Gasteiger partial charge is 0.0834 e. The van der Waals surface area contributed by atoms with Crippen LogP contribution in [0, 0.1) is 0 Å². The maximum absolute atomic E-state index is 6.04. The lowest BCUT2D eigenvalue weighted by Crippen LogP contribution is -2.21. The summed E-state index contributed by atoms with van der Waals surface area (Å²) in [7, 11) is 0. The molecule has 0 amide bonds. The van der Waals surface area contributed by atoms with Crippen molar-refractivity contribution >= 4 is 11.6 Å². The quantitative estimate of drug-likeness (QED) is 0.815. The van der Waals surface area contributed by atoms with Crippen molar-refractivity contribution in [3.63, 3.8) is 0 Å². The average Bonchev–Trinajstić information content (AvgIpc) is 2.57. The van der Waals surface area contributed by atoms with Gasteiger partial charge in [-0.05, 0) is 13.3 Å². The van der Waals surface area contributed by atoms with Crippen molar-refractivity contribution in [3.8, 4) is 0 Å². The van der Waals surface area contributed by atoms with E-state index in [1.807, 2.05) is 11.6 Å². The molecule has 1 heterocycles. The topological polar surface area (TPSA) is 53.1 Å². The molecule has 1 rings (SSSR count). The van der Waals surface area contributed by atoms with E-state index in [0.29, 0.717) is 18.2 Å². The maximum Gasteiger partial charge on any atom is 0.0834 e. The van der Waals surface area contributed by atoms with E-state index in [9.17, 15) is 0 Å². The Labute approximate surface area is 95.3 Å². The largest absolute Gasteiger partial charge is 0.380 e. The molecule has 0 aliphatic rings. The van der Waals surface area contributed by atoms with Gasteiger partial charge < -0.3 is 10.5 Å². The summed E-state index contributed by atoms with van der Waals surface area (Å²) in [5.74, 6) is 0. The average molecular weight is 232 g/mol. The van der Waals surface area contributed by atoms with Crippen LogP contribution in [0.3, 0.4) is 0 Å². The summed E-state index contributed by atoms with van der Waals surface area (Å²) in [6.45, 7) is 6.01. The van der Waals surface area contributed by atoms with Crippen molar-refractivity contribution in [2.45, 2.75) is 32.9 Å². The van der Waals surface area contributed by atoms with Gasteiger partial charge in [0.15, 0.2) is 0 Å². The van der Waals surface area contributed by atoms with E-state index in [1.165, 1.54) is 0 Å². The number of hydrogen-bond acceptors (Lipinski definition) is 3. The Morgan fingerprint density at radius 1 is 1.60 bits per heavy atom. The van der Waals surface area contributed by atoms with Crippen LogP contribution in [0.1, 0.15) is 32.0 Å². The number of ether oxygens (including phenoxy) is 1. The SMILES string of the molecule is CCCn1ncc(Cl)c1C(N)COCC. The Hall–Kier alpha value is -0.580. The van der Waals surface area contributed by atoms with E-state index in [1.54, 1.807) is 6.20 Å². The van der Waals surface area contributed by atoms with Gasteiger partial charge in [-0.2, -0.15) is 5.10 Å². The molecule has 0 saturated heterocycles. The first-order chi connectivity index (χ1) is 7.20. The molecule has 4 nitrogen and oxygen atoms in total. The van der Waals surface area contributed by atoms with E-state index in [0.717, 1.165) is 18.7 Å². The van der Waals surface area contributed by atoms with Crippen LogP contribution in [0.2, 0.25) is 5.02 Å². The van der Waals surface area contributed by atoms with Crippen molar-refractivity contribution < 1.29 is 4.74 Å². The van der Waals surface area contributed by atoms with Crippen LogP contribution < -0.4 is 5.73 Å². The molecule has 0 bridgehead atoms. The zero-order chi connectivity index (χ0) is 11.3. The number of halogens is 1. The van der Waals surface area contributed by atoms with Crippen LogP contribution in [-0.4, -0.2) is 23.0 Å². The van der Waals surface area contributed by atoms with Crippen LogP contribution >= 0.6 is 11.6 Å². The Balaban J connectivity index is 2.75. The van der Waals surface area contributed by atoms with Crippen molar-refractivity contribution in [2.24, 2.45) is 5.73 Å². The van der Waals surface area contributed by atoms with Gasteiger partial charge in [-0.15, -0.1) is 0 Å². The molecule has 0 saturated carbocycles. The van der Waals surface area contributed by atoms with Crippen LogP contribution in [0.4, 0.5) is 0 Å². The van der Waals surface area contributed by atoms with Gasteiger partial charge >= 0.3 is 0 Å². The summed E-state index contributed by atoms with van der Waals surface area (Å²) < 4.78 is 7.14. The second kappa shape index (κ2) is 6.10. The number of nitrogens with zero attached hydrogens (tertiary/aromatic N) is 2. The van der Waals surface area contributed by atoms with Gasteiger partial charge in [-0.25, -0.2) is 0 Å². The Bertz CT molecular complexity index is 301. The van der Waals surface area contributed by atoms with Gasteiger partial charge in [-0.1, -0.05) is 18.5 Å². The third-order valence-electron chi connectivity index (χ3n) is 2.12. The summed E-state index contributed by atoms with van der Waals surface area (Å²) in [4.78, 5) is 0. The second-order valence-corrected chi connectivity index (χ2v) is 3.77. The minimum atomic E-state index is -0.202. The molecule has 0 fully saturated rings. The lowest BCUT2D eigenvalue weighted by atomic mass is 10.2. The molecule has 5 heteroatoms. The molecule has 15 heavy (non-hydrogen) atoms. The molecule has 1 aromatic heterocycles. The fourth-order valence-corrected chi connectivity index (χ4v) is 1.74. The van der Waals surface area contributed by atoms with E-state index in [4.69, 9.17) is 22.1 Å². The van der Waals surface area contributed by atoms with Crippen molar-refractivity contribution in [3.05, 3.63) is 16.9 Å². The van der Waals surface area contributed by atoms with Gasteiger partial charge in [-0.3, -0.25) is 4.68 Å². The van der Waals surface area contributed by atoms with Gasteiger partial charge in [0.2, 0.25) is 0 Å². The maximum atomic E-state index is 6.04. The minimum absolute atomic E-state index is 0.202. The summed E-state index contributed by atoms with van der Waals surface area (Å²) in [6.07, 6.45) is 2.64. The third-order valence-corrected chi connectivity index (χ3v) is 2.41. The summed E-state index contributed by atoms with van der Waals surface area (Å²) in [6, 6.07) is -0.202. The summed E-state index contributed by atoms with van der Waals surface area (Å²) in [5.41, 5.74) is 6.85. The van der Waals surface area contributed by atoms with Crippen molar-refractivity contribution in [1.82, 2.24) is 9.78 Å². The molecule has 1 atom stereocenters. The predicted octanol–water partition coefficient (Wildman–Crippen LogP) is 1.98. The zero-order valence-corrected chi connectivity index (χ0v) is 10.00. The van der Waals surface area contributed by atoms with Gasteiger partial charge in [0.1, 0.15) is 0 Å². The van der Waals surface area contributed by atoms with Crippen molar-refractivity contribution in [2.75, 3.05) is 13.2 Å². The van der Waals surface area contributed by atoms with Crippen LogP contribution in [-0.2, 0) is 11.3 Å². The molecular weight excluding hydrogens is 214 g/mol. The van der Waals surface area contributed by atoms with E-state index in [-0.39, 0.29) is 6.04 Å². The Kier molecular flexibility index (Phi) is 5.08. The molecule has 2 N–H and O–H groups in total. The first-order valence-corrected chi connectivity index (χ1v) is 5.63. The van der Waals surface area contributed by atoms with E-state index in [2.05, 4.69) is 12.0 Å². The zero-order valence-electron chi connectivity index (χ0n) is 9.24. The highest BCUT2D eigenvalue weighted by Gasteiger charge is 2.16. The second-order valence-electron chi connectivity index (χ2n) is 3.37. The minimum Gasteiger partial charge on any atom is -0.380 e. The lowest BCUT2D eigenvalue weighted by molar-refractivity contribution is 0.131. The van der Waals surface area contributed by atoms with E-state index < -0.39 is 0 Å². The Morgan fingerprint density at radius 2 is 2.33 bits per heavy atom. The molecule has 1 aromatic rings. The predicted molar refractivity (Wildman–Crippen MR) is 60.9 cm³/mol. The highest BCUT2D eigenvalue weighted by atomic mass is 35.5.